The third kappa shape index (κ3) is 2.68. The smallest absolute Gasteiger partial charge is 0.267 e. The lowest BCUT2D eigenvalue weighted by Crippen LogP contribution is -2.12. The number of carbonyl (C=O) groups excluding carboxylic acids is 1. The molecule has 2 rings (SSSR count). The van der Waals surface area contributed by atoms with E-state index in [9.17, 15) is 4.79 Å². The van der Waals surface area contributed by atoms with Crippen molar-refractivity contribution >= 4 is 50.5 Å². The van der Waals surface area contributed by atoms with Crippen molar-refractivity contribution in [3.63, 3.8) is 0 Å². The van der Waals surface area contributed by atoms with Gasteiger partial charge in [0.25, 0.3) is 5.91 Å². The Morgan fingerprint density at radius 2 is 2.29 bits per heavy atom. The van der Waals surface area contributed by atoms with E-state index in [1.165, 1.54) is 11.3 Å². The predicted octanol–water partition coefficient (Wildman–Crippen LogP) is 4.12. The van der Waals surface area contributed by atoms with Crippen LogP contribution in [0.25, 0.3) is 0 Å². The normalized spacial score (nSPS) is 10.3. The van der Waals surface area contributed by atoms with Crippen molar-refractivity contribution in [2.75, 3.05) is 5.32 Å². The molecule has 2 aromatic rings. The van der Waals surface area contributed by atoms with E-state index in [4.69, 9.17) is 11.6 Å². The molecule has 0 saturated carbocycles. The molecule has 0 unspecified atom stereocenters. The van der Waals surface area contributed by atoms with E-state index < -0.39 is 0 Å². The van der Waals surface area contributed by atoms with Gasteiger partial charge in [0, 0.05) is 0 Å². The molecule has 0 radical (unpaired) electrons. The highest BCUT2D eigenvalue weighted by Gasteiger charge is 2.13. The minimum atomic E-state index is -0.173. The lowest BCUT2D eigenvalue weighted by atomic mass is 10.3. The lowest BCUT2D eigenvalue weighted by Gasteiger charge is -2.07. The SMILES string of the molecule is Cc1ncsc1C(=O)Nc1cccc(Cl)c1Br. The zero-order valence-corrected chi connectivity index (χ0v) is 12.0. The molecule has 6 heteroatoms. The second-order valence-corrected chi connectivity index (χ2v) is 5.38. The summed E-state index contributed by atoms with van der Waals surface area (Å²) in [7, 11) is 0. The topological polar surface area (TPSA) is 42.0 Å². The molecule has 1 N–H and O–H groups in total. The second-order valence-electron chi connectivity index (χ2n) is 3.32. The van der Waals surface area contributed by atoms with Crippen molar-refractivity contribution in [3.8, 4) is 0 Å². The monoisotopic (exact) mass is 330 g/mol. The summed E-state index contributed by atoms with van der Waals surface area (Å²) in [6.07, 6.45) is 0. The maximum atomic E-state index is 12.0. The number of thiazole rings is 1. The first kappa shape index (κ1) is 12.5. The van der Waals surface area contributed by atoms with Gasteiger partial charge < -0.3 is 5.32 Å². The third-order valence-corrected chi connectivity index (χ3v) is 4.48. The van der Waals surface area contributed by atoms with Crippen LogP contribution in [0.3, 0.4) is 0 Å². The zero-order chi connectivity index (χ0) is 12.4. The molecule has 0 bridgehead atoms. The Morgan fingerprint density at radius 1 is 1.53 bits per heavy atom. The molecule has 1 aromatic carbocycles. The Balaban J connectivity index is 2.25. The quantitative estimate of drug-likeness (QED) is 0.899. The Kier molecular flexibility index (Phi) is 3.81. The fourth-order valence-electron chi connectivity index (χ4n) is 1.30. The van der Waals surface area contributed by atoms with Gasteiger partial charge in [-0.15, -0.1) is 11.3 Å². The number of rotatable bonds is 2. The molecule has 3 nitrogen and oxygen atoms in total. The second kappa shape index (κ2) is 5.16. The van der Waals surface area contributed by atoms with Crippen LogP contribution in [0.15, 0.2) is 28.2 Å². The van der Waals surface area contributed by atoms with Gasteiger partial charge in [-0.3, -0.25) is 4.79 Å². The standard InChI is InChI=1S/C11H8BrClN2OS/c1-6-10(17-5-14-6)11(16)15-8-4-2-3-7(13)9(8)12/h2-5H,1H3,(H,15,16). The van der Waals surface area contributed by atoms with Gasteiger partial charge in [-0.05, 0) is 35.0 Å². The highest BCUT2D eigenvalue weighted by atomic mass is 79.9. The van der Waals surface area contributed by atoms with Crippen LogP contribution >= 0.6 is 38.9 Å². The molecule has 0 aliphatic rings. The van der Waals surface area contributed by atoms with Crippen molar-refractivity contribution in [2.45, 2.75) is 6.92 Å². The van der Waals surface area contributed by atoms with E-state index in [1.807, 2.05) is 0 Å². The van der Waals surface area contributed by atoms with E-state index in [0.29, 0.717) is 20.1 Å². The van der Waals surface area contributed by atoms with Crippen LogP contribution in [0.5, 0.6) is 0 Å². The Labute approximate surface area is 116 Å². The minimum Gasteiger partial charge on any atom is -0.320 e. The molecular formula is C11H8BrClN2OS. The summed E-state index contributed by atoms with van der Waals surface area (Å²) in [4.78, 5) is 16.6. The first-order valence-electron chi connectivity index (χ1n) is 4.75. The maximum absolute atomic E-state index is 12.0. The molecule has 17 heavy (non-hydrogen) atoms. The van der Waals surface area contributed by atoms with Crippen LogP contribution in [0.1, 0.15) is 15.4 Å². The molecule has 88 valence electrons. The molecule has 0 fully saturated rings. The fraction of sp³-hybridized carbons (Fsp3) is 0.0909. The molecule has 0 aliphatic heterocycles. The number of nitrogens with one attached hydrogen (secondary N) is 1. The number of hydrogen-bond acceptors (Lipinski definition) is 3. The highest BCUT2D eigenvalue weighted by Crippen LogP contribution is 2.30. The van der Waals surface area contributed by atoms with E-state index in [1.54, 1.807) is 30.6 Å². The summed E-state index contributed by atoms with van der Waals surface area (Å²) >= 11 is 10.6. The fourth-order valence-corrected chi connectivity index (χ4v) is 2.53. The van der Waals surface area contributed by atoms with E-state index >= 15 is 0 Å². The number of carbonyl (C=O) groups is 1. The van der Waals surface area contributed by atoms with E-state index in [0.717, 1.165) is 5.69 Å². The van der Waals surface area contributed by atoms with Crippen molar-refractivity contribution in [3.05, 3.63) is 43.8 Å². The van der Waals surface area contributed by atoms with Crippen LogP contribution < -0.4 is 5.32 Å². The number of halogens is 2. The van der Waals surface area contributed by atoms with Crippen molar-refractivity contribution < 1.29 is 4.79 Å². The Hall–Kier alpha value is -0.910. The molecule has 1 heterocycles. The number of hydrogen-bond donors (Lipinski definition) is 1. The summed E-state index contributed by atoms with van der Waals surface area (Å²) < 4.78 is 0.678. The first-order valence-corrected chi connectivity index (χ1v) is 6.80. The van der Waals surface area contributed by atoms with Crippen LogP contribution in [-0.2, 0) is 0 Å². The Bertz CT molecular complexity index is 570. The van der Waals surface area contributed by atoms with Gasteiger partial charge in [-0.2, -0.15) is 0 Å². The summed E-state index contributed by atoms with van der Waals surface area (Å²) in [5.74, 6) is -0.173. The maximum Gasteiger partial charge on any atom is 0.267 e. The van der Waals surface area contributed by atoms with Crippen molar-refractivity contribution in [2.24, 2.45) is 0 Å². The van der Waals surface area contributed by atoms with Crippen molar-refractivity contribution in [1.29, 1.82) is 0 Å². The van der Waals surface area contributed by atoms with Gasteiger partial charge in [0.2, 0.25) is 0 Å². The third-order valence-electron chi connectivity index (χ3n) is 2.15. The molecule has 0 saturated heterocycles. The van der Waals surface area contributed by atoms with Crippen LogP contribution in [-0.4, -0.2) is 10.9 Å². The van der Waals surface area contributed by atoms with Gasteiger partial charge in [-0.1, -0.05) is 17.7 Å². The van der Waals surface area contributed by atoms with Crippen LogP contribution in [0, 0.1) is 6.92 Å². The molecular weight excluding hydrogens is 324 g/mol. The van der Waals surface area contributed by atoms with Gasteiger partial charge in [0.1, 0.15) is 4.88 Å². The largest absolute Gasteiger partial charge is 0.320 e. The van der Waals surface area contributed by atoms with Crippen LogP contribution in [0.4, 0.5) is 5.69 Å². The van der Waals surface area contributed by atoms with E-state index in [2.05, 4.69) is 26.2 Å². The molecule has 0 spiro atoms. The highest BCUT2D eigenvalue weighted by molar-refractivity contribution is 9.10. The van der Waals surface area contributed by atoms with Crippen LogP contribution in [0.2, 0.25) is 5.02 Å². The number of amides is 1. The minimum absolute atomic E-state index is 0.173. The molecule has 1 amide bonds. The van der Waals surface area contributed by atoms with Gasteiger partial charge in [0.15, 0.2) is 0 Å². The molecule has 1 aromatic heterocycles. The average Bonchev–Trinajstić information content (AvgIpc) is 2.71. The number of aryl methyl sites for hydroxylation is 1. The molecule has 0 atom stereocenters. The predicted molar refractivity (Wildman–Crippen MR) is 74.0 cm³/mol. The molecule has 0 aliphatic carbocycles. The Morgan fingerprint density at radius 3 is 2.94 bits per heavy atom. The summed E-state index contributed by atoms with van der Waals surface area (Å²) in [6.45, 7) is 1.80. The summed E-state index contributed by atoms with van der Waals surface area (Å²) in [5, 5.41) is 3.35. The lowest BCUT2D eigenvalue weighted by molar-refractivity contribution is 0.103. The number of aromatic nitrogens is 1. The van der Waals surface area contributed by atoms with E-state index in [-0.39, 0.29) is 5.91 Å². The number of nitrogens with zero attached hydrogens (tertiary/aromatic N) is 1. The van der Waals surface area contributed by atoms with Crippen molar-refractivity contribution in [1.82, 2.24) is 4.98 Å². The number of anilines is 1. The zero-order valence-electron chi connectivity index (χ0n) is 8.83. The van der Waals surface area contributed by atoms with Gasteiger partial charge in [-0.25, -0.2) is 4.98 Å². The summed E-state index contributed by atoms with van der Waals surface area (Å²) in [5.41, 5.74) is 3.03. The van der Waals surface area contributed by atoms with Gasteiger partial charge in [0.05, 0.1) is 26.4 Å². The van der Waals surface area contributed by atoms with Gasteiger partial charge >= 0.3 is 0 Å². The summed E-state index contributed by atoms with van der Waals surface area (Å²) in [6, 6.07) is 5.31. The number of benzene rings is 1. The average molecular weight is 332 g/mol. The first-order chi connectivity index (χ1) is 8.09.